The fourth-order valence-corrected chi connectivity index (χ4v) is 4.95. The monoisotopic (exact) mass is 346 g/mol. The number of nitrogens with zero attached hydrogens (tertiary/aromatic N) is 1. The molecule has 2 N–H and O–H groups in total. The molecule has 1 heterocycles. The normalized spacial score (nSPS) is 23.6. The molecule has 130 valence electrons. The van der Waals surface area contributed by atoms with Gasteiger partial charge < -0.3 is 10.6 Å². The number of piperidine rings is 1. The summed E-state index contributed by atoms with van der Waals surface area (Å²) in [5.74, 6) is 1.85. The highest BCUT2D eigenvalue weighted by atomic mass is 32.2. The number of fused-ring (bicyclic) bond motifs is 1. The molecule has 2 aliphatic rings. The van der Waals surface area contributed by atoms with Gasteiger partial charge in [-0.2, -0.15) is 0 Å². The lowest BCUT2D eigenvalue weighted by Gasteiger charge is -2.44. The molecule has 2 amide bonds. The molecule has 0 spiro atoms. The molecule has 1 saturated heterocycles. The van der Waals surface area contributed by atoms with Crippen LogP contribution in [0.25, 0.3) is 0 Å². The Kier molecular flexibility index (Phi) is 5.82. The molecule has 0 radical (unpaired) electrons. The van der Waals surface area contributed by atoms with Crippen molar-refractivity contribution in [1.82, 2.24) is 4.90 Å². The van der Waals surface area contributed by atoms with Crippen LogP contribution in [0.2, 0.25) is 0 Å². The predicted molar refractivity (Wildman–Crippen MR) is 97.8 cm³/mol. The average molecular weight is 346 g/mol. The zero-order valence-electron chi connectivity index (χ0n) is 14.1. The highest BCUT2D eigenvalue weighted by Gasteiger charge is 2.35. The average Bonchev–Trinajstić information content (AvgIpc) is 2.61. The first kappa shape index (κ1) is 17.3. The van der Waals surface area contributed by atoms with Gasteiger partial charge in [0, 0.05) is 23.9 Å². The zero-order valence-corrected chi connectivity index (χ0v) is 14.9. The van der Waals surface area contributed by atoms with Crippen LogP contribution in [0.1, 0.15) is 54.4 Å². The van der Waals surface area contributed by atoms with Crippen LogP contribution < -0.4 is 5.73 Å². The van der Waals surface area contributed by atoms with Crippen molar-refractivity contribution < 1.29 is 9.59 Å². The molecular weight excluding hydrogens is 320 g/mol. The molecule has 5 heteroatoms. The Morgan fingerprint density at radius 3 is 2.79 bits per heavy atom. The lowest BCUT2D eigenvalue weighted by Crippen LogP contribution is -2.50. The maximum Gasteiger partial charge on any atom is 0.248 e. The van der Waals surface area contributed by atoms with E-state index in [1.807, 2.05) is 18.2 Å². The van der Waals surface area contributed by atoms with Crippen molar-refractivity contribution in [2.75, 3.05) is 12.3 Å². The molecular formula is C19H26N2O2S. The number of rotatable bonds is 5. The Labute approximate surface area is 148 Å². The van der Waals surface area contributed by atoms with Gasteiger partial charge in [0.2, 0.25) is 11.8 Å². The van der Waals surface area contributed by atoms with Crippen LogP contribution in [0.3, 0.4) is 0 Å². The summed E-state index contributed by atoms with van der Waals surface area (Å²) in [6.07, 6.45) is 7.51. The van der Waals surface area contributed by atoms with E-state index in [-0.39, 0.29) is 5.91 Å². The Morgan fingerprint density at radius 1 is 1.17 bits per heavy atom. The first-order valence-corrected chi connectivity index (χ1v) is 10.1. The van der Waals surface area contributed by atoms with Crippen LogP contribution in [-0.2, 0) is 10.5 Å². The fraction of sp³-hybridized carbons (Fsp3) is 0.579. The third-order valence-electron chi connectivity index (χ3n) is 5.27. The van der Waals surface area contributed by atoms with E-state index in [0.29, 0.717) is 17.4 Å². The van der Waals surface area contributed by atoms with Gasteiger partial charge in [0.15, 0.2) is 0 Å². The van der Waals surface area contributed by atoms with Gasteiger partial charge in [-0.05, 0) is 49.3 Å². The molecule has 1 saturated carbocycles. The molecule has 0 unspecified atom stereocenters. The number of benzene rings is 1. The molecule has 24 heavy (non-hydrogen) atoms. The van der Waals surface area contributed by atoms with Crippen molar-refractivity contribution in [2.24, 2.45) is 11.7 Å². The Hall–Kier alpha value is -1.49. The molecule has 1 aliphatic heterocycles. The highest BCUT2D eigenvalue weighted by molar-refractivity contribution is 7.99. The highest BCUT2D eigenvalue weighted by Crippen LogP contribution is 2.35. The van der Waals surface area contributed by atoms with Crippen molar-refractivity contribution in [1.29, 1.82) is 0 Å². The Balaban J connectivity index is 1.52. The number of amides is 2. The van der Waals surface area contributed by atoms with E-state index in [0.717, 1.165) is 30.2 Å². The lowest BCUT2D eigenvalue weighted by molar-refractivity contribution is -0.134. The minimum Gasteiger partial charge on any atom is -0.366 e. The number of hydrogen-bond donors (Lipinski definition) is 1. The second-order valence-corrected chi connectivity index (χ2v) is 7.88. The first-order chi connectivity index (χ1) is 11.6. The van der Waals surface area contributed by atoms with E-state index < -0.39 is 5.91 Å². The van der Waals surface area contributed by atoms with E-state index in [4.69, 9.17) is 5.73 Å². The van der Waals surface area contributed by atoms with Gasteiger partial charge in [-0.1, -0.05) is 25.0 Å². The number of primary amides is 1. The third kappa shape index (κ3) is 4.12. The lowest BCUT2D eigenvalue weighted by atomic mass is 9.78. The molecule has 1 aromatic rings. The summed E-state index contributed by atoms with van der Waals surface area (Å²) in [5, 5.41) is 0. The zero-order chi connectivity index (χ0) is 16.9. The number of nitrogens with two attached hydrogens (primary N) is 1. The maximum absolute atomic E-state index is 12.6. The number of carbonyl (C=O) groups excluding carboxylic acids is 2. The molecule has 3 rings (SSSR count). The molecule has 2 atom stereocenters. The van der Waals surface area contributed by atoms with E-state index in [2.05, 4.69) is 4.90 Å². The van der Waals surface area contributed by atoms with Crippen molar-refractivity contribution in [3.05, 3.63) is 35.4 Å². The van der Waals surface area contributed by atoms with Crippen LogP contribution in [0.4, 0.5) is 0 Å². The van der Waals surface area contributed by atoms with Crippen molar-refractivity contribution in [2.45, 2.75) is 50.3 Å². The van der Waals surface area contributed by atoms with Crippen LogP contribution in [0.15, 0.2) is 24.3 Å². The second-order valence-electron chi connectivity index (χ2n) is 6.90. The topological polar surface area (TPSA) is 63.4 Å². The molecule has 1 aliphatic carbocycles. The number of thioether (sulfide) groups is 1. The van der Waals surface area contributed by atoms with Crippen LogP contribution in [-0.4, -0.2) is 35.1 Å². The molecule has 0 bridgehead atoms. The summed E-state index contributed by atoms with van der Waals surface area (Å²) in [6.45, 7) is 0.928. The summed E-state index contributed by atoms with van der Waals surface area (Å²) < 4.78 is 0. The number of likely N-dealkylation sites (tertiary alicyclic amines) is 1. The number of hydrogen-bond acceptors (Lipinski definition) is 3. The van der Waals surface area contributed by atoms with Gasteiger partial charge >= 0.3 is 0 Å². The van der Waals surface area contributed by atoms with E-state index in [1.54, 1.807) is 17.8 Å². The van der Waals surface area contributed by atoms with Crippen LogP contribution >= 0.6 is 11.8 Å². The van der Waals surface area contributed by atoms with Gasteiger partial charge in [0.1, 0.15) is 0 Å². The predicted octanol–water partition coefficient (Wildman–Crippen LogP) is 3.20. The van der Waals surface area contributed by atoms with Crippen LogP contribution in [0.5, 0.6) is 0 Å². The van der Waals surface area contributed by atoms with Crippen molar-refractivity contribution in [3.8, 4) is 0 Å². The van der Waals surface area contributed by atoms with E-state index in [9.17, 15) is 9.59 Å². The summed E-state index contributed by atoms with van der Waals surface area (Å²) in [5.41, 5.74) is 6.88. The van der Waals surface area contributed by atoms with Gasteiger partial charge in [-0.25, -0.2) is 0 Å². The summed E-state index contributed by atoms with van der Waals surface area (Å²) >= 11 is 1.62. The Morgan fingerprint density at radius 2 is 1.96 bits per heavy atom. The second kappa shape index (κ2) is 8.06. The summed E-state index contributed by atoms with van der Waals surface area (Å²) in [7, 11) is 0. The SMILES string of the molecule is NC(=O)c1cccc(CSCC(=O)N2CCC[C@H]3CCCC[C@H]32)c1. The standard InChI is InChI=1S/C19H26N2O2S/c20-19(23)16-7-3-5-14(11-16)12-24-13-18(22)21-10-4-8-15-6-1-2-9-17(15)21/h3,5,7,11,15,17H,1-2,4,6,8-10,12-13H2,(H2,20,23)/t15-,17-/m1/s1. The fourth-order valence-electron chi connectivity index (χ4n) is 4.09. The quantitative estimate of drug-likeness (QED) is 0.890. The smallest absolute Gasteiger partial charge is 0.248 e. The minimum absolute atomic E-state index is 0.280. The van der Waals surface area contributed by atoms with Crippen LogP contribution in [0, 0.1) is 5.92 Å². The number of carbonyl (C=O) groups is 2. The molecule has 4 nitrogen and oxygen atoms in total. The van der Waals surface area contributed by atoms with Gasteiger partial charge in [-0.3, -0.25) is 9.59 Å². The summed E-state index contributed by atoms with van der Waals surface area (Å²) in [6, 6.07) is 7.84. The summed E-state index contributed by atoms with van der Waals surface area (Å²) in [4.78, 5) is 26.0. The van der Waals surface area contributed by atoms with Crippen molar-refractivity contribution in [3.63, 3.8) is 0 Å². The molecule has 0 aromatic heterocycles. The van der Waals surface area contributed by atoms with Gasteiger partial charge in [0.05, 0.1) is 5.75 Å². The molecule has 1 aromatic carbocycles. The minimum atomic E-state index is -0.408. The maximum atomic E-state index is 12.6. The first-order valence-electron chi connectivity index (χ1n) is 8.91. The Bertz CT molecular complexity index is 603. The van der Waals surface area contributed by atoms with Gasteiger partial charge in [-0.15, -0.1) is 11.8 Å². The molecule has 2 fully saturated rings. The van der Waals surface area contributed by atoms with Gasteiger partial charge in [0.25, 0.3) is 0 Å². The van der Waals surface area contributed by atoms with E-state index in [1.165, 1.54) is 32.1 Å². The van der Waals surface area contributed by atoms with E-state index >= 15 is 0 Å². The third-order valence-corrected chi connectivity index (χ3v) is 6.26. The largest absolute Gasteiger partial charge is 0.366 e. The van der Waals surface area contributed by atoms with Crippen molar-refractivity contribution >= 4 is 23.6 Å².